The van der Waals surface area contributed by atoms with E-state index in [1.807, 2.05) is 28.5 Å². The highest BCUT2D eigenvalue weighted by Gasteiger charge is 2.18. The maximum absolute atomic E-state index is 12.6. The van der Waals surface area contributed by atoms with Gasteiger partial charge in [-0.05, 0) is 30.0 Å². The molecule has 0 saturated heterocycles. The predicted molar refractivity (Wildman–Crippen MR) is 85.4 cm³/mol. The lowest BCUT2D eigenvalue weighted by Gasteiger charge is -2.22. The summed E-state index contributed by atoms with van der Waals surface area (Å²) in [6.07, 6.45) is 2.07. The summed E-state index contributed by atoms with van der Waals surface area (Å²) in [6, 6.07) is 11.3. The second-order valence-corrected chi connectivity index (χ2v) is 6.08. The summed E-state index contributed by atoms with van der Waals surface area (Å²) >= 11 is 7.81. The number of hydrogen-bond acceptors (Lipinski definition) is 2. The van der Waals surface area contributed by atoms with E-state index in [4.69, 9.17) is 11.6 Å². The van der Waals surface area contributed by atoms with E-state index in [1.165, 1.54) is 4.88 Å². The first-order valence-electron chi connectivity index (χ1n) is 6.78. The van der Waals surface area contributed by atoms with Gasteiger partial charge in [0.2, 0.25) is 0 Å². The number of unbranched alkanes of at least 4 members (excludes halogenated alkanes) is 1. The van der Waals surface area contributed by atoms with Gasteiger partial charge in [0.15, 0.2) is 0 Å². The highest BCUT2D eigenvalue weighted by Crippen LogP contribution is 2.20. The van der Waals surface area contributed by atoms with Crippen molar-refractivity contribution in [2.75, 3.05) is 6.54 Å². The van der Waals surface area contributed by atoms with Crippen LogP contribution in [0.3, 0.4) is 0 Å². The number of halogens is 1. The van der Waals surface area contributed by atoms with Crippen LogP contribution in [0.25, 0.3) is 0 Å². The molecule has 0 atom stereocenters. The number of amides is 1. The standard InChI is InChI=1S/C16H18ClNOS/c1-2-3-10-18(12-13-7-6-11-20-13)16(19)14-8-4-5-9-15(14)17/h4-9,11H,2-3,10,12H2,1H3. The fourth-order valence-electron chi connectivity index (χ4n) is 2.00. The summed E-state index contributed by atoms with van der Waals surface area (Å²) in [5.41, 5.74) is 0.585. The molecule has 0 aliphatic heterocycles. The zero-order valence-corrected chi connectivity index (χ0v) is 13.1. The van der Waals surface area contributed by atoms with Crippen molar-refractivity contribution in [1.29, 1.82) is 0 Å². The van der Waals surface area contributed by atoms with Crippen LogP contribution < -0.4 is 0 Å². The Morgan fingerprint density at radius 3 is 2.70 bits per heavy atom. The molecule has 20 heavy (non-hydrogen) atoms. The molecule has 4 heteroatoms. The van der Waals surface area contributed by atoms with E-state index in [9.17, 15) is 4.79 Å². The Morgan fingerprint density at radius 1 is 1.25 bits per heavy atom. The normalized spacial score (nSPS) is 10.5. The largest absolute Gasteiger partial charge is 0.333 e. The van der Waals surface area contributed by atoms with Crippen molar-refractivity contribution in [2.45, 2.75) is 26.3 Å². The average molecular weight is 308 g/mol. The Morgan fingerprint density at radius 2 is 2.05 bits per heavy atom. The van der Waals surface area contributed by atoms with Gasteiger partial charge in [-0.1, -0.05) is 43.1 Å². The summed E-state index contributed by atoms with van der Waals surface area (Å²) in [4.78, 5) is 15.7. The monoisotopic (exact) mass is 307 g/mol. The molecule has 0 spiro atoms. The van der Waals surface area contributed by atoms with Gasteiger partial charge in [0.05, 0.1) is 17.1 Å². The Hall–Kier alpha value is -1.32. The highest BCUT2D eigenvalue weighted by atomic mass is 35.5. The van der Waals surface area contributed by atoms with Crippen molar-refractivity contribution in [2.24, 2.45) is 0 Å². The van der Waals surface area contributed by atoms with Crippen LogP contribution in [0.1, 0.15) is 35.0 Å². The van der Waals surface area contributed by atoms with E-state index in [1.54, 1.807) is 23.5 Å². The number of nitrogens with zero attached hydrogens (tertiary/aromatic N) is 1. The first-order valence-corrected chi connectivity index (χ1v) is 8.04. The smallest absolute Gasteiger partial charge is 0.255 e. The molecule has 2 rings (SSSR count). The van der Waals surface area contributed by atoms with Crippen molar-refractivity contribution in [3.63, 3.8) is 0 Å². The van der Waals surface area contributed by atoms with Gasteiger partial charge in [-0.25, -0.2) is 0 Å². The van der Waals surface area contributed by atoms with Gasteiger partial charge in [0.1, 0.15) is 0 Å². The van der Waals surface area contributed by atoms with E-state index in [2.05, 4.69) is 13.0 Å². The van der Waals surface area contributed by atoms with Crippen molar-refractivity contribution in [3.8, 4) is 0 Å². The first-order chi connectivity index (χ1) is 9.72. The molecule has 0 bridgehead atoms. The molecule has 1 aromatic heterocycles. The number of benzene rings is 1. The molecule has 0 unspecified atom stereocenters. The topological polar surface area (TPSA) is 20.3 Å². The van der Waals surface area contributed by atoms with E-state index in [0.717, 1.165) is 19.4 Å². The Kier molecular flexibility index (Phi) is 5.62. The van der Waals surface area contributed by atoms with Gasteiger partial charge in [0, 0.05) is 11.4 Å². The molecule has 1 heterocycles. The van der Waals surface area contributed by atoms with Gasteiger partial charge in [0.25, 0.3) is 5.91 Å². The van der Waals surface area contributed by atoms with Crippen LogP contribution in [0, 0.1) is 0 Å². The van der Waals surface area contributed by atoms with Crippen LogP contribution in [0.2, 0.25) is 5.02 Å². The van der Waals surface area contributed by atoms with Crippen LogP contribution in [-0.4, -0.2) is 17.4 Å². The molecule has 106 valence electrons. The molecule has 0 radical (unpaired) electrons. The lowest BCUT2D eigenvalue weighted by atomic mass is 10.2. The molecular weight excluding hydrogens is 290 g/mol. The molecule has 0 aliphatic carbocycles. The number of carbonyl (C=O) groups excluding carboxylic acids is 1. The number of carbonyl (C=O) groups is 1. The lowest BCUT2D eigenvalue weighted by molar-refractivity contribution is 0.0742. The minimum Gasteiger partial charge on any atom is -0.333 e. The third-order valence-corrected chi connectivity index (χ3v) is 4.29. The molecule has 0 saturated carbocycles. The van der Waals surface area contributed by atoms with Crippen LogP contribution in [0.4, 0.5) is 0 Å². The van der Waals surface area contributed by atoms with Gasteiger partial charge in [-0.3, -0.25) is 4.79 Å². The van der Waals surface area contributed by atoms with Gasteiger partial charge in [-0.15, -0.1) is 11.3 Å². The maximum Gasteiger partial charge on any atom is 0.255 e. The van der Waals surface area contributed by atoms with Crippen molar-refractivity contribution in [1.82, 2.24) is 4.90 Å². The van der Waals surface area contributed by atoms with E-state index in [0.29, 0.717) is 17.1 Å². The quantitative estimate of drug-likeness (QED) is 0.747. The summed E-state index contributed by atoms with van der Waals surface area (Å²) in [5, 5.41) is 2.55. The van der Waals surface area contributed by atoms with Crippen LogP contribution >= 0.6 is 22.9 Å². The first kappa shape index (κ1) is 15.1. The zero-order valence-electron chi connectivity index (χ0n) is 11.5. The number of rotatable bonds is 6. The van der Waals surface area contributed by atoms with Crippen molar-refractivity contribution in [3.05, 3.63) is 57.2 Å². The second-order valence-electron chi connectivity index (χ2n) is 4.64. The second kappa shape index (κ2) is 7.46. The Labute approximate surface area is 129 Å². The van der Waals surface area contributed by atoms with E-state index >= 15 is 0 Å². The molecule has 0 aliphatic rings. The minimum atomic E-state index is 0.0115. The molecule has 2 aromatic rings. The number of hydrogen-bond donors (Lipinski definition) is 0. The summed E-state index contributed by atoms with van der Waals surface area (Å²) in [5.74, 6) is 0.0115. The Bertz CT molecular complexity index is 553. The molecule has 0 fully saturated rings. The molecule has 2 nitrogen and oxygen atoms in total. The lowest BCUT2D eigenvalue weighted by Crippen LogP contribution is -2.31. The van der Waals surface area contributed by atoms with Crippen molar-refractivity contribution >= 4 is 28.8 Å². The minimum absolute atomic E-state index is 0.0115. The SMILES string of the molecule is CCCCN(Cc1cccs1)C(=O)c1ccccc1Cl. The average Bonchev–Trinajstić information content (AvgIpc) is 2.96. The fourth-order valence-corrected chi connectivity index (χ4v) is 2.93. The van der Waals surface area contributed by atoms with Gasteiger partial charge in [-0.2, -0.15) is 0 Å². The van der Waals surface area contributed by atoms with E-state index < -0.39 is 0 Å². The van der Waals surface area contributed by atoms with Crippen LogP contribution in [-0.2, 0) is 6.54 Å². The fraction of sp³-hybridized carbons (Fsp3) is 0.312. The zero-order chi connectivity index (χ0) is 14.4. The van der Waals surface area contributed by atoms with Gasteiger partial charge < -0.3 is 4.90 Å². The predicted octanol–water partition coefficient (Wildman–Crippen LogP) is 4.84. The summed E-state index contributed by atoms with van der Waals surface area (Å²) in [7, 11) is 0. The molecule has 0 N–H and O–H groups in total. The summed E-state index contributed by atoms with van der Waals surface area (Å²) in [6.45, 7) is 3.55. The van der Waals surface area contributed by atoms with Crippen LogP contribution in [0.15, 0.2) is 41.8 Å². The van der Waals surface area contributed by atoms with Gasteiger partial charge >= 0.3 is 0 Å². The molecule has 1 amide bonds. The highest BCUT2D eigenvalue weighted by molar-refractivity contribution is 7.09. The van der Waals surface area contributed by atoms with Crippen LogP contribution in [0.5, 0.6) is 0 Å². The maximum atomic E-state index is 12.6. The Balaban J connectivity index is 2.17. The van der Waals surface area contributed by atoms with Crippen molar-refractivity contribution < 1.29 is 4.79 Å². The molecular formula is C16H18ClNOS. The van der Waals surface area contributed by atoms with E-state index in [-0.39, 0.29) is 5.91 Å². The molecule has 1 aromatic carbocycles. The number of thiophene rings is 1. The third kappa shape index (κ3) is 3.84. The summed E-state index contributed by atoms with van der Waals surface area (Å²) < 4.78 is 0. The third-order valence-electron chi connectivity index (χ3n) is 3.10.